The maximum absolute atomic E-state index is 14.2. The molecule has 0 radical (unpaired) electrons. The van der Waals surface area contributed by atoms with Crippen molar-refractivity contribution in [3.63, 3.8) is 0 Å². The topological polar surface area (TPSA) is 154 Å². The highest BCUT2D eigenvalue weighted by atomic mass is 32.2. The molecule has 2 aromatic carbocycles. The molecule has 3 atom stereocenters. The van der Waals surface area contributed by atoms with Crippen LogP contribution in [-0.2, 0) is 29.8 Å². The lowest BCUT2D eigenvalue weighted by atomic mass is 9.76. The number of nitrogens with one attached hydrogen (secondary N) is 3. The van der Waals surface area contributed by atoms with E-state index >= 15 is 0 Å². The lowest BCUT2D eigenvalue weighted by Gasteiger charge is -2.39. The molecule has 1 unspecified atom stereocenters. The van der Waals surface area contributed by atoms with Crippen molar-refractivity contribution in [3.8, 4) is 5.75 Å². The smallest absolute Gasteiger partial charge is 0.264 e. The van der Waals surface area contributed by atoms with Crippen LogP contribution in [0, 0.1) is 24.2 Å². The van der Waals surface area contributed by atoms with Gasteiger partial charge in [-0.25, -0.2) is 13.1 Å². The molecule has 12 heteroatoms. The Morgan fingerprint density at radius 2 is 1.56 bits per heavy atom. The Morgan fingerprint density at radius 3 is 2.08 bits per heavy atom. The molecule has 0 aliphatic carbocycles. The van der Waals surface area contributed by atoms with Crippen molar-refractivity contribution >= 4 is 27.7 Å². The van der Waals surface area contributed by atoms with Gasteiger partial charge in [0.1, 0.15) is 18.4 Å². The number of aliphatic hydroxyl groups excluding tert-OH is 1. The third-order valence-electron chi connectivity index (χ3n) is 8.32. The molecular weight excluding hydrogens is 632 g/mol. The van der Waals surface area contributed by atoms with E-state index in [0.29, 0.717) is 11.4 Å². The molecule has 3 amide bonds. The van der Waals surface area contributed by atoms with E-state index in [2.05, 4.69) is 15.4 Å². The number of hydrogen-bond donors (Lipinski definition) is 4. The van der Waals surface area contributed by atoms with Gasteiger partial charge >= 0.3 is 0 Å². The maximum Gasteiger partial charge on any atom is 0.264 e. The number of carbonyl (C=O) groups excluding carboxylic acids is 3. The number of nitrogens with zero attached hydrogens (tertiary/aromatic N) is 1. The van der Waals surface area contributed by atoms with Crippen LogP contribution in [0.15, 0.2) is 65.2 Å². The van der Waals surface area contributed by atoms with Crippen molar-refractivity contribution in [1.29, 1.82) is 0 Å². The number of hydrogen-bond acceptors (Lipinski definition) is 8. The summed E-state index contributed by atoms with van der Waals surface area (Å²) in [7, 11) is -0.819. The van der Waals surface area contributed by atoms with Crippen LogP contribution in [0.5, 0.6) is 5.75 Å². The van der Waals surface area contributed by atoms with Crippen LogP contribution in [0.25, 0.3) is 0 Å². The van der Waals surface area contributed by atoms with Gasteiger partial charge in [0.2, 0.25) is 17.7 Å². The minimum atomic E-state index is -4.09. The molecule has 0 aliphatic rings. The summed E-state index contributed by atoms with van der Waals surface area (Å²) in [5.41, 5.74) is 0.777. The van der Waals surface area contributed by atoms with Gasteiger partial charge in [0.15, 0.2) is 0 Å². The number of sulfonamides is 1. The zero-order valence-electron chi connectivity index (χ0n) is 30.2. The van der Waals surface area contributed by atoms with Gasteiger partial charge in [0.25, 0.3) is 10.0 Å². The van der Waals surface area contributed by atoms with E-state index in [1.54, 1.807) is 45.3 Å². The summed E-state index contributed by atoms with van der Waals surface area (Å²) in [5, 5.41) is 15.3. The van der Waals surface area contributed by atoms with Crippen molar-refractivity contribution < 1.29 is 32.6 Å². The van der Waals surface area contributed by atoms with Gasteiger partial charge in [-0.15, -0.1) is 0 Å². The quantitative estimate of drug-likeness (QED) is 0.220. The number of likely N-dealkylation sites (N-methyl/N-ethyl adjacent to an activating group) is 2. The van der Waals surface area contributed by atoms with Gasteiger partial charge in [0, 0.05) is 18.2 Å². The van der Waals surface area contributed by atoms with Crippen molar-refractivity contribution in [2.24, 2.45) is 17.3 Å². The fourth-order valence-electron chi connectivity index (χ4n) is 5.36. The van der Waals surface area contributed by atoms with E-state index in [9.17, 15) is 22.8 Å². The van der Waals surface area contributed by atoms with Crippen molar-refractivity contribution in [2.45, 2.75) is 84.7 Å². The average molecular weight is 687 g/mol. The molecule has 0 aliphatic heterocycles. The second-order valence-electron chi connectivity index (χ2n) is 14.1. The largest absolute Gasteiger partial charge is 0.491 e. The van der Waals surface area contributed by atoms with E-state index in [0.717, 1.165) is 11.1 Å². The van der Waals surface area contributed by atoms with Crippen LogP contribution >= 0.6 is 0 Å². The Hall–Kier alpha value is -3.74. The molecule has 0 aromatic heterocycles. The number of carbonyl (C=O) groups is 3. The Balaban J connectivity index is 2.34. The van der Waals surface area contributed by atoms with Crippen LogP contribution in [0.3, 0.4) is 0 Å². The summed E-state index contributed by atoms with van der Waals surface area (Å²) in [4.78, 5) is 42.6. The Labute approximate surface area is 286 Å². The highest BCUT2D eigenvalue weighted by Gasteiger charge is 2.41. The van der Waals surface area contributed by atoms with Crippen molar-refractivity contribution in [3.05, 3.63) is 71.4 Å². The summed E-state index contributed by atoms with van der Waals surface area (Å²) >= 11 is 0. The molecule has 2 aromatic rings. The van der Waals surface area contributed by atoms with Gasteiger partial charge < -0.3 is 25.4 Å². The van der Waals surface area contributed by atoms with E-state index in [-0.39, 0.29) is 35.8 Å². The molecule has 0 saturated heterocycles. The van der Waals surface area contributed by atoms with E-state index in [1.807, 2.05) is 73.6 Å². The molecule has 266 valence electrons. The third-order valence-corrected chi connectivity index (χ3v) is 9.68. The lowest BCUT2D eigenvalue weighted by Crippen LogP contribution is -2.60. The minimum Gasteiger partial charge on any atom is -0.491 e. The highest BCUT2D eigenvalue weighted by molar-refractivity contribution is 7.90. The SMILES string of the molecule is CN[C@H](C(=O)N[C@H](C(=O)N(C)/C(=C/C(C)C(=O)NS(=O)(=O)c1ccc(C)cc1)C(C)C)C(C)(C)C)C(C)(C)c1cccc(OCCO)c1. The van der Waals surface area contributed by atoms with E-state index < -0.39 is 44.8 Å². The highest BCUT2D eigenvalue weighted by Crippen LogP contribution is 2.31. The fourth-order valence-corrected chi connectivity index (χ4v) is 6.42. The number of aryl methyl sites for hydroxylation is 1. The van der Waals surface area contributed by atoms with Crippen molar-refractivity contribution in [2.75, 3.05) is 27.3 Å². The second-order valence-corrected chi connectivity index (χ2v) is 15.7. The average Bonchev–Trinajstić information content (AvgIpc) is 3.00. The molecule has 11 nitrogen and oxygen atoms in total. The summed E-state index contributed by atoms with van der Waals surface area (Å²) in [6, 6.07) is 11.8. The van der Waals surface area contributed by atoms with Crippen LogP contribution < -0.4 is 20.1 Å². The van der Waals surface area contributed by atoms with Crippen molar-refractivity contribution in [1.82, 2.24) is 20.3 Å². The molecule has 2 rings (SSSR count). The van der Waals surface area contributed by atoms with Crippen LogP contribution in [0.4, 0.5) is 0 Å². The first kappa shape index (κ1) is 40.4. The molecule has 48 heavy (non-hydrogen) atoms. The number of benzene rings is 2. The predicted octanol–water partition coefficient (Wildman–Crippen LogP) is 3.90. The molecule has 0 fully saturated rings. The fraction of sp³-hybridized carbons (Fsp3) is 0.528. The Kier molecular flexibility index (Phi) is 14.0. The second kappa shape index (κ2) is 16.6. The predicted molar refractivity (Wildman–Crippen MR) is 188 cm³/mol. The van der Waals surface area contributed by atoms with Gasteiger partial charge in [-0.1, -0.05) is 84.4 Å². The monoisotopic (exact) mass is 686 g/mol. The Morgan fingerprint density at radius 1 is 0.958 bits per heavy atom. The number of rotatable bonds is 15. The van der Waals surface area contributed by atoms with E-state index in [1.165, 1.54) is 17.0 Å². The van der Waals surface area contributed by atoms with E-state index in [4.69, 9.17) is 9.84 Å². The van der Waals surface area contributed by atoms with Crippen LogP contribution in [0.1, 0.15) is 66.5 Å². The molecule has 0 saturated carbocycles. The summed E-state index contributed by atoms with van der Waals surface area (Å²) in [6.07, 6.45) is 1.58. The molecule has 0 spiro atoms. The number of amides is 3. The van der Waals surface area contributed by atoms with Gasteiger partial charge in [-0.3, -0.25) is 14.4 Å². The normalized spacial score (nSPS) is 14.6. The summed E-state index contributed by atoms with van der Waals surface area (Å²) < 4.78 is 33.4. The number of aliphatic hydroxyl groups is 1. The Bertz CT molecular complexity index is 1560. The molecule has 4 N–H and O–H groups in total. The maximum atomic E-state index is 14.2. The molecule has 0 heterocycles. The molecular formula is C36H54N4O7S. The zero-order chi connectivity index (χ0) is 36.6. The third kappa shape index (κ3) is 10.4. The van der Waals surface area contributed by atoms with Gasteiger partial charge in [-0.05, 0) is 62.1 Å². The van der Waals surface area contributed by atoms with Gasteiger partial charge in [-0.2, -0.15) is 0 Å². The van der Waals surface area contributed by atoms with Gasteiger partial charge in [0.05, 0.1) is 23.5 Å². The summed E-state index contributed by atoms with van der Waals surface area (Å²) in [6.45, 7) is 16.6. The summed E-state index contributed by atoms with van der Waals surface area (Å²) in [5.74, 6) is -2.05. The lowest BCUT2D eigenvalue weighted by molar-refractivity contribution is -0.138. The zero-order valence-corrected chi connectivity index (χ0v) is 31.0. The standard InChI is InChI=1S/C36H54N4O7S/c1-23(2)29(21-25(4)32(42)39-48(45,46)28-17-15-24(3)16-18-28)40(11)34(44)31(35(5,6)7)38-33(43)30(37-10)36(8,9)26-13-12-14-27(22-26)47-20-19-41/h12-18,21-23,25,30-31,37,41H,19-20H2,1-11H3,(H,38,43)(H,39,42)/b29-21+/t25?,30-,31-/m1/s1. The first-order valence-corrected chi connectivity index (χ1v) is 17.6. The molecule has 0 bridgehead atoms. The number of allylic oxidation sites excluding steroid dienone is 1. The minimum absolute atomic E-state index is 0.0245. The van der Waals surface area contributed by atoms with Crippen LogP contribution in [-0.4, -0.2) is 75.5 Å². The first-order chi connectivity index (χ1) is 22.2. The number of ether oxygens (including phenoxy) is 1. The first-order valence-electron chi connectivity index (χ1n) is 16.1. The van der Waals surface area contributed by atoms with Crippen LogP contribution in [0.2, 0.25) is 0 Å².